The topological polar surface area (TPSA) is 54.3 Å². The molecule has 1 N–H and O–H groups in total. The molecule has 0 spiro atoms. The predicted octanol–water partition coefficient (Wildman–Crippen LogP) is 4.18. The average Bonchev–Trinajstić information content (AvgIpc) is 3.27. The summed E-state index contributed by atoms with van der Waals surface area (Å²) in [5, 5.41) is 5.04. The van der Waals surface area contributed by atoms with Crippen LogP contribution in [0.2, 0.25) is 0 Å². The van der Waals surface area contributed by atoms with Crippen molar-refractivity contribution in [2.24, 2.45) is 7.05 Å². The SMILES string of the molecule is Cn1cccc1C(=O)NC[C@@H]1Cc2ccccc2CN1C(=O)c1cccc2ccccc12. The Morgan fingerprint density at radius 2 is 1.66 bits per heavy atom. The van der Waals surface area contributed by atoms with E-state index >= 15 is 0 Å². The number of benzene rings is 3. The second-order valence-electron chi connectivity index (χ2n) is 8.30. The van der Waals surface area contributed by atoms with E-state index in [9.17, 15) is 9.59 Å². The van der Waals surface area contributed by atoms with Crippen LogP contribution < -0.4 is 5.32 Å². The lowest BCUT2D eigenvalue weighted by Crippen LogP contribution is -2.50. The number of nitrogens with zero attached hydrogens (tertiary/aromatic N) is 2. The van der Waals surface area contributed by atoms with E-state index in [1.165, 1.54) is 5.56 Å². The van der Waals surface area contributed by atoms with Gasteiger partial charge in [0.15, 0.2) is 0 Å². The molecule has 2 heterocycles. The predicted molar refractivity (Wildman–Crippen MR) is 126 cm³/mol. The monoisotopic (exact) mass is 423 g/mol. The van der Waals surface area contributed by atoms with E-state index in [1.54, 1.807) is 10.6 Å². The first-order valence-corrected chi connectivity index (χ1v) is 10.9. The molecule has 5 nitrogen and oxygen atoms in total. The Morgan fingerprint density at radius 1 is 0.906 bits per heavy atom. The Hall–Kier alpha value is -3.86. The summed E-state index contributed by atoms with van der Waals surface area (Å²) in [6.07, 6.45) is 2.56. The summed E-state index contributed by atoms with van der Waals surface area (Å²) < 4.78 is 1.80. The van der Waals surface area contributed by atoms with Gasteiger partial charge in [0.1, 0.15) is 5.69 Å². The maximum absolute atomic E-state index is 13.8. The minimum absolute atomic E-state index is 0.00517. The molecule has 5 heteroatoms. The van der Waals surface area contributed by atoms with Gasteiger partial charge in [-0.1, -0.05) is 60.7 Å². The lowest BCUT2D eigenvalue weighted by atomic mass is 9.92. The zero-order chi connectivity index (χ0) is 22.1. The normalized spacial score (nSPS) is 15.4. The molecule has 160 valence electrons. The molecule has 0 radical (unpaired) electrons. The molecule has 1 atom stereocenters. The van der Waals surface area contributed by atoms with Gasteiger partial charge in [0.2, 0.25) is 0 Å². The summed E-state index contributed by atoms with van der Waals surface area (Å²) in [5.74, 6) is -0.136. The Balaban J connectivity index is 1.45. The molecule has 3 aromatic carbocycles. The summed E-state index contributed by atoms with van der Waals surface area (Å²) in [6.45, 7) is 0.928. The Morgan fingerprint density at radius 3 is 2.47 bits per heavy atom. The van der Waals surface area contributed by atoms with Crippen molar-refractivity contribution >= 4 is 22.6 Å². The molecule has 1 aliphatic rings. The molecule has 0 fully saturated rings. The van der Waals surface area contributed by atoms with Crippen LogP contribution in [-0.4, -0.2) is 33.9 Å². The van der Waals surface area contributed by atoms with E-state index in [-0.39, 0.29) is 17.9 Å². The number of nitrogens with one attached hydrogen (secondary N) is 1. The van der Waals surface area contributed by atoms with Crippen molar-refractivity contribution < 1.29 is 9.59 Å². The molecule has 5 rings (SSSR count). The van der Waals surface area contributed by atoms with E-state index in [1.807, 2.05) is 78.8 Å². The lowest BCUT2D eigenvalue weighted by Gasteiger charge is -2.37. The number of carbonyl (C=O) groups is 2. The highest BCUT2D eigenvalue weighted by Gasteiger charge is 2.31. The second-order valence-corrected chi connectivity index (χ2v) is 8.30. The van der Waals surface area contributed by atoms with Crippen LogP contribution in [0.5, 0.6) is 0 Å². The number of hydrogen-bond donors (Lipinski definition) is 1. The summed E-state index contributed by atoms with van der Waals surface area (Å²) >= 11 is 0. The maximum Gasteiger partial charge on any atom is 0.267 e. The van der Waals surface area contributed by atoms with Gasteiger partial charge in [-0.15, -0.1) is 0 Å². The average molecular weight is 424 g/mol. The minimum atomic E-state index is -0.131. The first kappa shape index (κ1) is 20.1. The van der Waals surface area contributed by atoms with Gasteiger partial charge in [0, 0.05) is 31.9 Å². The van der Waals surface area contributed by atoms with Crippen molar-refractivity contribution in [2.75, 3.05) is 6.54 Å². The van der Waals surface area contributed by atoms with E-state index in [0.717, 1.165) is 16.3 Å². The van der Waals surface area contributed by atoms with E-state index in [4.69, 9.17) is 0 Å². The zero-order valence-corrected chi connectivity index (χ0v) is 18.0. The van der Waals surface area contributed by atoms with Gasteiger partial charge in [0.25, 0.3) is 11.8 Å². The van der Waals surface area contributed by atoms with Crippen LogP contribution in [0.1, 0.15) is 32.0 Å². The molecule has 1 aliphatic heterocycles. The molecular formula is C27H25N3O2. The molecular weight excluding hydrogens is 398 g/mol. The Labute approximate surface area is 187 Å². The van der Waals surface area contributed by atoms with Crippen molar-refractivity contribution in [3.05, 3.63) is 107 Å². The van der Waals surface area contributed by atoms with Crippen molar-refractivity contribution in [3.63, 3.8) is 0 Å². The zero-order valence-electron chi connectivity index (χ0n) is 18.0. The molecule has 2 amide bonds. The van der Waals surface area contributed by atoms with Gasteiger partial charge >= 0.3 is 0 Å². The first-order chi connectivity index (χ1) is 15.6. The molecule has 0 aliphatic carbocycles. The fourth-order valence-corrected chi connectivity index (χ4v) is 4.57. The minimum Gasteiger partial charge on any atom is -0.349 e. The molecule has 0 bridgehead atoms. The van der Waals surface area contributed by atoms with E-state index < -0.39 is 0 Å². The fraction of sp³-hybridized carbons (Fsp3) is 0.185. The van der Waals surface area contributed by atoms with Gasteiger partial charge in [-0.3, -0.25) is 9.59 Å². The standard InChI is InChI=1S/C27H25N3O2/c1-29-15-7-14-25(29)26(31)28-17-22-16-20-9-2-3-10-21(20)18-30(22)27(32)24-13-6-11-19-8-4-5-12-23(19)24/h2-15,22H,16-18H2,1H3,(H,28,31)/t22-/m0/s1. The largest absolute Gasteiger partial charge is 0.349 e. The molecule has 32 heavy (non-hydrogen) atoms. The Bertz CT molecular complexity index is 1300. The molecule has 0 saturated heterocycles. The second kappa shape index (κ2) is 8.35. The van der Waals surface area contributed by atoms with Crippen LogP contribution >= 0.6 is 0 Å². The van der Waals surface area contributed by atoms with Crippen molar-refractivity contribution in [1.82, 2.24) is 14.8 Å². The number of aromatic nitrogens is 1. The highest BCUT2D eigenvalue weighted by molar-refractivity contribution is 6.07. The molecule has 0 unspecified atom stereocenters. The van der Waals surface area contributed by atoms with Crippen molar-refractivity contribution in [3.8, 4) is 0 Å². The number of rotatable bonds is 4. The first-order valence-electron chi connectivity index (χ1n) is 10.9. The van der Waals surface area contributed by atoms with Gasteiger partial charge in [0.05, 0.1) is 6.04 Å². The number of amides is 2. The van der Waals surface area contributed by atoms with Gasteiger partial charge in [-0.05, 0) is 46.5 Å². The van der Waals surface area contributed by atoms with Crippen LogP contribution in [-0.2, 0) is 20.0 Å². The third-order valence-corrected chi connectivity index (χ3v) is 6.31. The summed E-state index contributed by atoms with van der Waals surface area (Å²) in [6, 6.07) is 25.6. The van der Waals surface area contributed by atoms with Gasteiger partial charge in [-0.2, -0.15) is 0 Å². The van der Waals surface area contributed by atoms with Crippen LogP contribution in [0.25, 0.3) is 10.8 Å². The van der Waals surface area contributed by atoms with Crippen molar-refractivity contribution in [1.29, 1.82) is 0 Å². The maximum atomic E-state index is 13.8. The smallest absolute Gasteiger partial charge is 0.267 e. The summed E-state index contributed by atoms with van der Waals surface area (Å²) in [7, 11) is 1.85. The lowest BCUT2D eigenvalue weighted by molar-refractivity contribution is 0.0630. The highest BCUT2D eigenvalue weighted by atomic mass is 16.2. The van der Waals surface area contributed by atoms with E-state index in [0.29, 0.717) is 30.8 Å². The van der Waals surface area contributed by atoms with E-state index in [2.05, 4.69) is 17.4 Å². The Kier molecular flexibility index (Phi) is 5.23. The molecule has 0 saturated carbocycles. The number of hydrogen-bond acceptors (Lipinski definition) is 2. The highest BCUT2D eigenvalue weighted by Crippen LogP contribution is 2.27. The third kappa shape index (κ3) is 3.66. The van der Waals surface area contributed by atoms with Crippen LogP contribution in [0.15, 0.2) is 85.1 Å². The molecule has 1 aromatic heterocycles. The van der Waals surface area contributed by atoms with Crippen molar-refractivity contribution in [2.45, 2.75) is 19.0 Å². The summed E-state index contributed by atoms with van der Waals surface area (Å²) in [4.78, 5) is 28.4. The van der Waals surface area contributed by atoms with Gasteiger partial charge < -0.3 is 14.8 Å². The van der Waals surface area contributed by atoms with Crippen LogP contribution in [0.3, 0.4) is 0 Å². The quantitative estimate of drug-likeness (QED) is 0.536. The fourth-order valence-electron chi connectivity index (χ4n) is 4.57. The number of carbonyl (C=O) groups excluding carboxylic acids is 2. The van der Waals surface area contributed by atoms with Gasteiger partial charge in [-0.25, -0.2) is 0 Å². The number of fused-ring (bicyclic) bond motifs is 2. The third-order valence-electron chi connectivity index (χ3n) is 6.31. The summed E-state index contributed by atoms with van der Waals surface area (Å²) in [5.41, 5.74) is 3.69. The van der Waals surface area contributed by atoms with Crippen LogP contribution in [0.4, 0.5) is 0 Å². The van der Waals surface area contributed by atoms with Crippen LogP contribution in [0, 0.1) is 0 Å². The molecule has 4 aromatic rings. The number of aryl methyl sites for hydroxylation is 1.